The van der Waals surface area contributed by atoms with Gasteiger partial charge in [-0.25, -0.2) is 0 Å². The highest BCUT2D eigenvalue weighted by atomic mass is 15.2. The summed E-state index contributed by atoms with van der Waals surface area (Å²) in [5, 5.41) is 12.9. The highest BCUT2D eigenvalue weighted by Gasteiger charge is 2.34. The smallest absolute Gasteiger partial charge is 0.116 e. The molecule has 104 valence electrons. The first-order chi connectivity index (χ1) is 8.34. The molecule has 18 heavy (non-hydrogen) atoms. The van der Waals surface area contributed by atoms with Crippen molar-refractivity contribution in [1.29, 1.82) is 5.26 Å². The van der Waals surface area contributed by atoms with E-state index >= 15 is 0 Å². The zero-order chi connectivity index (χ0) is 13.8. The van der Waals surface area contributed by atoms with Crippen molar-refractivity contribution in [3.63, 3.8) is 0 Å². The van der Waals surface area contributed by atoms with Gasteiger partial charge >= 0.3 is 0 Å². The number of nitriles is 1. The van der Waals surface area contributed by atoms with E-state index in [2.05, 4.69) is 44.0 Å². The van der Waals surface area contributed by atoms with Crippen LogP contribution in [0.25, 0.3) is 0 Å². The van der Waals surface area contributed by atoms with Crippen molar-refractivity contribution in [2.45, 2.75) is 59.0 Å². The molecule has 0 aromatic heterocycles. The third-order valence-corrected chi connectivity index (χ3v) is 3.13. The molecule has 3 nitrogen and oxygen atoms in total. The van der Waals surface area contributed by atoms with E-state index in [9.17, 15) is 5.26 Å². The van der Waals surface area contributed by atoms with Crippen molar-refractivity contribution in [3.05, 3.63) is 0 Å². The Labute approximate surface area is 113 Å². The monoisotopic (exact) mass is 251 g/mol. The SMILES string of the molecule is CC(C)CN(CC(C)C)CC(C)(C#N)NC1CC1. The summed E-state index contributed by atoms with van der Waals surface area (Å²) in [5.41, 5.74) is -0.398. The van der Waals surface area contributed by atoms with E-state index in [1.54, 1.807) is 0 Å². The summed E-state index contributed by atoms with van der Waals surface area (Å²) in [6.07, 6.45) is 2.46. The van der Waals surface area contributed by atoms with Gasteiger partial charge in [0.1, 0.15) is 5.54 Å². The fourth-order valence-electron chi connectivity index (χ4n) is 2.48. The van der Waals surface area contributed by atoms with Crippen LogP contribution in [0.1, 0.15) is 47.5 Å². The number of hydrogen-bond acceptors (Lipinski definition) is 3. The highest BCUT2D eigenvalue weighted by molar-refractivity contribution is 5.09. The van der Waals surface area contributed by atoms with Crippen LogP contribution in [0.3, 0.4) is 0 Å². The Morgan fingerprint density at radius 1 is 1.22 bits per heavy atom. The van der Waals surface area contributed by atoms with Crippen molar-refractivity contribution in [2.24, 2.45) is 11.8 Å². The molecule has 0 aromatic rings. The minimum absolute atomic E-state index is 0.398. The fraction of sp³-hybridized carbons (Fsp3) is 0.933. The van der Waals surface area contributed by atoms with E-state index in [1.165, 1.54) is 12.8 Å². The third kappa shape index (κ3) is 5.84. The van der Waals surface area contributed by atoms with Gasteiger partial charge in [-0.2, -0.15) is 5.26 Å². The predicted octanol–water partition coefficient (Wildman–Crippen LogP) is 2.63. The lowest BCUT2D eigenvalue weighted by atomic mass is 10.0. The van der Waals surface area contributed by atoms with E-state index in [1.807, 2.05) is 6.92 Å². The zero-order valence-corrected chi connectivity index (χ0v) is 12.7. The lowest BCUT2D eigenvalue weighted by Gasteiger charge is -2.33. The summed E-state index contributed by atoms with van der Waals surface area (Å²) in [4.78, 5) is 2.44. The molecule has 1 atom stereocenters. The van der Waals surface area contributed by atoms with Crippen LogP contribution in [0, 0.1) is 23.2 Å². The third-order valence-electron chi connectivity index (χ3n) is 3.13. The largest absolute Gasteiger partial charge is 0.300 e. The van der Waals surface area contributed by atoms with Gasteiger partial charge in [-0.15, -0.1) is 0 Å². The van der Waals surface area contributed by atoms with Crippen molar-refractivity contribution in [3.8, 4) is 6.07 Å². The molecule has 1 saturated carbocycles. The van der Waals surface area contributed by atoms with Crippen LogP contribution < -0.4 is 5.32 Å². The van der Waals surface area contributed by atoms with Crippen molar-refractivity contribution >= 4 is 0 Å². The van der Waals surface area contributed by atoms with E-state index < -0.39 is 5.54 Å². The average molecular weight is 251 g/mol. The summed E-state index contributed by atoms with van der Waals surface area (Å²) >= 11 is 0. The van der Waals surface area contributed by atoms with Crippen LogP contribution in [0.4, 0.5) is 0 Å². The molecule has 0 radical (unpaired) electrons. The molecule has 1 fully saturated rings. The molecular weight excluding hydrogens is 222 g/mol. The maximum absolute atomic E-state index is 9.44. The summed E-state index contributed by atoms with van der Waals surface area (Å²) in [7, 11) is 0. The molecule has 0 spiro atoms. The van der Waals surface area contributed by atoms with Crippen molar-refractivity contribution < 1.29 is 0 Å². The standard InChI is InChI=1S/C15H29N3/c1-12(2)8-18(9-13(3)4)11-15(5,10-16)17-14-6-7-14/h12-14,17H,6-9,11H2,1-5H3. The van der Waals surface area contributed by atoms with Crippen LogP contribution in [-0.2, 0) is 0 Å². The molecule has 0 aliphatic heterocycles. The number of rotatable bonds is 8. The maximum Gasteiger partial charge on any atom is 0.116 e. The van der Waals surface area contributed by atoms with Crippen LogP contribution in [0.2, 0.25) is 0 Å². The Kier molecular flexibility index (Phi) is 5.62. The second-order valence-corrected chi connectivity index (χ2v) is 6.84. The van der Waals surface area contributed by atoms with Gasteiger partial charge in [0.2, 0.25) is 0 Å². The minimum Gasteiger partial charge on any atom is -0.300 e. The molecule has 3 heteroatoms. The first kappa shape index (κ1) is 15.5. The Balaban J connectivity index is 2.57. The topological polar surface area (TPSA) is 39.1 Å². The van der Waals surface area contributed by atoms with Crippen LogP contribution >= 0.6 is 0 Å². The number of hydrogen-bond donors (Lipinski definition) is 1. The first-order valence-electron chi connectivity index (χ1n) is 7.26. The van der Waals surface area contributed by atoms with Gasteiger partial charge in [-0.1, -0.05) is 27.7 Å². The van der Waals surface area contributed by atoms with Crippen LogP contribution in [0.15, 0.2) is 0 Å². The van der Waals surface area contributed by atoms with Gasteiger partial charge < -0.3 is 0 Å². The quantitative estimate of drug-likeness (QED) is 0.721. The van der Waals surface area contributed by atoms with Gasteiger partial charge in [0.25, 0.3) is 0 Å². The molecule has 0 saturated heterocycles. The van der Waals surface area contributed by atoms with Crippen molar-refractivity contribution in [2.75, 3.05) is 19.6 Å². The van der Waals surface area contributed by atoms with Gasteiger partial charge in [0.05, 0.1) is 6.07 Å². The molecule has 0 aromatic carbocycles. The molecule has 1 aliphatic rings. The van der Waals surface area contributed by atoms with Crippen molar-refractivity contribution in [1.82, 2.24) is 10.2 Å². The van der Waals surface area contributed by atoms with E-state index in [0.29, 0.717) is 17.9 Å². The Hall–Kier alpha value is -0.590. The first-order valence-corrected chi connectivity index (χ1v) is 7.26. The molecule has 1 unspecified atom stereocenters. The summed E-state index contributed by atoms with van der Waals surface area (Å²) < 4.78 is 0. The second kappa shape index (κ2) is 6.54. The Bertz CT molecular complexity index is 279. The van der Waals surface area contributed by atoms with Gasteiger partial charge in [-0.05, 0) is 31.6 Å². The highest BCUT2D eigenvalue weighted by Crippen LogP contribution is 2.23. The normalized spacial score (nSPS) is 19.3. The fourth-order valence-corrected chi connectivity index (χ4v) is 2.48. The average Bonchev–Trinajstić information content (AvgIpc) is 2.99. The predicted molar refractivity (Wildman–Crippen MR) is 76.3 cm³/mol. The van der Waals surface area contributed by atoms with Crippen LogP contribution in [-0.4, -0.2) is 36.1 Å². The molecule has 0 amide bonds. The minimum atomic E-state index is -0.398. The maximum atomic E-state index is 9.44. The molecule has 0 heterocycles. The zero-order valence-electron chi connectivity index (χ0n) is 12.7. The summed E-state index contributed by atoms with van der Waals surface area (Å²) in [5.74, 6) is 1.29. The molecule has 1 aliphatic carbocycles. The molecule has 1 rings (SSSR count). The van der Waals surface area contributed by atoms with E-state index in [4.69, 9.17) is 0 Å². The molecule has 1 N–H and O–H groups in total. The molecular formula is C15H29N3. The van der Waals surface area contributed by atoms with Gasteiger partial charge in [0.15, 0.2) is 0 Å². The van der Waals surface area contributed by atoms with Crippen LogP contribution in [0.5, 0.6) is 0 Å². The lowest BCUT2D eigenvalue weighted by molar-refractivity contribution is 0.180. The summed E-state index contributed by atoms with van der Waals surface area (Å²) in [6, 6.07) is 3.05. The Morgan fingerprint density at radius 2 is 1.72 bits per heavy atom. The van der Waals surface area contributed by atoms with E-state index in [-0.39, 0.29) is 0 Å². The van der Waals surface area contributed by atoms with E-state index in [0.717, 1.165) is 19.6 Å². The number of nitrogens with one attached hydrogen (secondary N) is 1. The Morgan fingerprint density at radius 3 is 2.06 bits per heavy atom. The number of nitrogens with zero attached hydrogens (tertiary/aromatic N) is 2. The molecule has 0 bridgehead atoms. The van der Waals surface area contributed by atoms with Gasteiger partial charge in [0, 0.05) is 25.7 Å². The van der Waals surface area contributed by atoms with Gasteiger partial charge in [-0.3, -0.25) is 10.2 Å². The second-order valence-electron chi connectivity index (χ2n) is 6.84. The summed E-state index contributed by atoms with van der Waals surface area (Å²) in [6.45, 7) is 14.0. The lowest BCUT2D eigenvalue weighted by Crippen LogP contribution is -2.52.